The molecular formula is C12H13NO3S. The molecule has 1 heterocycles. The summed E-state index contributed by atoms with van der Waals surface area (Å²) in [6.07, 6.45) is 3.28. The molecule has 0 spiro atoms. The second-order valence-electron chi connectivity index (χ2n) is 3.78. The van der Waals surface area contributed by atoms with Crippen LogP contribution in [-0.4, -0.2) is 33.5 Å². The molecule has 0 N–H and O–H groups in total. The Hall–Kier alpha value is -1.62. The van der Waals surface area contributed by atoms with Gasteiger partial charge in [0.2, 0.25) is 0 Å². The Labute approximate surface area is 101 Å². The minimum atomic E-state index is -3.02. The SMILES string of the molecule is COc1ccc(C=NC2C=CS(=O)(=O)C2)cc1. The molecule has 0 bridgehead atoms. The van der Waals surface area contributed by atoms with Crippen molar-refractivity contribution in [3.05, 3.63) is 41.3 Å². The van der Waals surface area contributed by atoms with Crippen LogP contribution in [0.2, 0.25) is 0 Å². The molecule has 0 aromatic heterocycles. The van der Waals surface area contributed by atoms with Crippen molar-refractivity contribution in [2.75, 3.05) is 12.9 Å². The number of sulfone groups is 1. The lowest BCUT2D eigenvalue weighted by molar-refractivity contribution is 0.415. The molecule has 0 radical (unpaired) electrons. The number of nitrogens with zero attached hydrogens (tertiary/aromatic N) is 1. The van der Waals surface area contributed by atoms with Crippen molar-refractivity contribution < 1.29 is 13.2 Å². The van der Waals surface area contributed by atoms with Gasteiger partial charge in [-0.1, -0.05) is 0 Å². The number of methoxy groups -OCH3 is 1. The van der Waals surface area contributed by atoms with Gasteiger partial charge in [0.25, 0.3) is 0 Å². The predicted molar refractivity (Wildman–Crippen MR) is 67.3 cm³/mol. The lowest BCUT2D eigenvalue weighted by Crippen LogP contribution is -2.08. The van der Waals surface area contributed by atoms with Crippen LogP contribution in [-0.2, 0) is 9.84 Å². The summed E-state index contributed by atoms with van der Waals surface area (Å²) < 4.78 is 27.4. The van der Waals surface area contributed by atoms with Gasteiger partial charge in [-0.2, -0.15) is 0 Å². The lowest BCUT2D eigenvalue weighted by Gasteiger charge is -2.00. The fraction of sp³-hybridized carbons (Fsp3) is 0.250. The summed E-state index contributed by atoms with van der Waals surface area (Å²) in [5.41, 5.74) is 0.920. The van der Waals surface area contributed by atoms with E-state index in [-0.39, 0.29) is 11.8 Å². The zero-order chi connectivity index (χ0) is 12.3. The van der Waals surface area contributed by atoms with E-state index < -0.39 is 9.84 Å². The molecule has 0 saturated carbocycles. The van der Waals surface area contributed by atoms with Crippen LogP contribution < -0.4 is 4.74 Å². The zero-order valence-electron chi connectivity index (χ0n) is 9.41. The van der Waals surface area contributed by atoms with Crippen LogP contribution in [0.5, 0.6) is 5.75 Å². The van der Waals surface area contributed by atoms with Gasteiger partial charge in [-0.05, 0) is 35.9 Å². The normalized spacial score (nSPS) is 22.1. The molecule has 17 heavy (non-hydrogen) atoms. The van der Waals surface area contributed by atoms with Gasteiger partial charge in [-0.3, -0.25) is 4.99 Å². The van der Waals surface area contributed by atoms with E-state index >= 15 is 0 Å². The first kappa shape index (κ1) is 11.9. The van der Waals surface area contributed by atoms with Gasteiger partial charge >= 0.3 is 0 Å². The summed E-state index contributed by atoms with van der Waals surface area (Å²) in [5.74, 6) is 0.852. The molecule has 0 amide bonds. The lowest BCUT2D eigenvalue weighted by atomic mass is 10.2. The van der Waals surface area contributed by atoms with Crippen LogP contribution in [0.4, 0.5) is 0 Å². The monoisotopic (exact) mass is 251 g/mol. The van der Waals surface area contributed by atoms with E-state index in [1.54, 1.807) is 19.4 Å². The van der Waals surface area contributed by atoms with Crippen molar-refractivity contribution in [1.82, 2.24) is 0 Å². The maximum absolute atomic E-state index is 11.2. The quantitative estimate of drug-likeness (QED) is 0.763. The first-order valence-corrected chi connectivity index (χ1v) is 6.89. The van der Waals surface area contributed by atoms with Crippen LogP contribution in [0.1, 0.15) is 5.56 Å². The number of aliphatic imine (C=N–C) groups is 1. The van der Waals surface area contributed by atoms with Crippen molar-refractivity contribution in [3.8, 4) is 5.75 Å². The Balaban J connectivity index is 2.04. The Kier molecular flexibility index (Phi) is 3.28. The summed E-state index contributed by atoms with van der Waals surface area (Å²) in [6, 6.07) is 7.15. The molecule has 90 valence electrons. The molecule has 1 aliphatic heterocycles. The highest BCUT2D eigenvalue weighted by Gasteiger charge is 2.19. The van der Waals surface area contributed by atoms with E-state index in [4.69, 9.17) is 4.74 Å². The van der Waals surface area contributed by atoms with Gasteiger partial charge in [0.15, 0.2) is 9.84 Å². The van der Waals surface area contributed by atoms with Crippen molar-refractivity contribution in [2.24, 2.45) is 4.99 Å². The number of hydrogen-bond donors (Lipinski definition) is 0. The van der Waals surface area contributed by atoms with Crippen LogP contribution in [0, 0.1) is 0 Å². The highest BCUT2D eigenvalue weighted by Crippen LogP contribution is 2.13. The summed E-state index contributed by atoms with van der Waals surface area (Å²) in [6.45, 7) is 0. The maximum atomic E-state index is 11.2. The molecule has 2 rings (SSSR count). The summed E-state index contributed by atoms with van der Waals surface area (Å²) >= 11 is 0. The fourth-order valence-corrected chi connectivity index (χ4v) is 2.73. The fourth-order valence-electron chi connectivity index (χ4n) is 1.52. The molecule has 0 fully saturated rings. The Bertz CT molecular complexity index is 544. The van der Waals surface area contributed by atoms with Crippen molar-refractivity contribution >= 4 is 16.1 Å². The van der Waals surface area contributed by atoms with Crippen molar-refractivity contribution in [2.45, 2.75) is 6.04 Å². The molecular weight excluding hydrogens is 238 g/mol. The van der Waals surface area contributed by atoms with Gasteiger partial charge < -0.3 is 4.74 Å². The van der Waals surface area contributed by atoms with Gasteiger partial charge in [0.1, 0.15) is 5.75 Å². The van der Waals surface area contributed by atoms with Gasteiger partial charge in [0, 0.05) is 11.6 Å². The molecule has 0 saturated heterocycles. The van der Waals surface area contributed by atoms with Crippen LogP contribution in [0.3, 0.4) is 0 Å². The second kappa shape index (κ2) is 4.71. The van der Waals surface area contributed by atoms with Gasteiger partial charge in [-0.15, -0.1) is 0 Å². The number of hydrogen-bond acceptors (Lipinski definition) is 4. The third-order valence-corrected chi connectivity index (χ3v) is 3.82. The van der Waals surface area contributed by atoms with Gasteiger partial charge in [-0.25, -0.2) is 8.42 Å². The van der Waals surface area contributed by atoms with E-state index in [9.17, 15) is 8.42 Å². The van der Waals surface area contributed by atoms with Gasteiger partial charge in [0.05, 0.1) is 18.9 Å². The summed E-state index contributed by atoms with van der Waals surface area (Å²) in [4.78, 5) is 4.21. The molecule has 1 aromatic carbocycles. The van der Waals surface area contributed by atoms with Crippen molar-refractivity contribution in [1.29, 1.82) is 0 Å². The third-order valence-electron chi connectivity index (χ3n) is 2.44. The van der Waals surface area contributed by atoms with Crippen LogP contribution in [0.25, 0.3) is 0 Å². The first-order chi connectivity index (χ1) is 8.09. The average molecular weight is 251 g/mol. The summed E-state index contributed by atoms with van der Waals surface area (Å²) in [5, 5.41) is 1.23. The van der Waals surface area contributed by atoms with E-state index in [2.05, 4.69) is 4.99 Å². The molecule has 1 unspecified atom stereocenters. The van der Waals surface area contributed by atoms with E-state index in [0.29, 0.717) is 0 Å². The standard InChI is InChI=1S/C12H13NO3S/c1-16-12-4-2-10(3-5-12)8-13-11-6-7-17(14,15)9-11/h2-8,11H,9H2,1H3. The molecule has 1 aromatic rings. The molecule has 1 atom stereocenters. The number of benzene rings is 1. The topological polar surface area (TPSA) is 55.7 Å². The number of rotatable bonds is 3. The minimum Gasteiger partial charge on any atom is -0.497 e. The first-order valence-electron chi connectivity index (χ1n) is 5.17. The van der Waals surface area contributed by atoms with Crippen LogP contribution >= 0.6 is 0 Å². The molecule has 0 aliphatic carbocycles. The van der Waals surface area contributed by atoms with Crippen molar-refractivity contribution in [3.63, 3.8) is 0 Å². The molecule has 5 heteroatoms. The van der Waals surface area contributed by atoms with E-state index in [1.165, 1.54) is 5.41 Å². The largest absolute Gasteiger partial charge is 0.497 e. The number of ether oxygens (including phenoxy) is 1. The Morgan fingerprint density at radius 1 is 1.35 bits per heavy atom. The molecule has 1 aliphatic rings. The second-order valence-corrected chi connectivity index (χ2v) is 5.71. The van der Waals surface area contributed by atoms with Crippen LogP contribution in [0.15, 0.2) is 40.7 Å². The smallest absolute Gasteiger partial charge is 0.173 e. The Morgan fingerprint density at radius 2 is 2.06 bits per heavy atom. The minimum absolute atomic E-state index is 0.0691. The summed E-state index contributed by atoms with van der Waals surface area (Å²) in [7, 11) is -1.42. The average Bonchev–Trinajstić information content (AvgIpc) is 2.67. The highest BCUT2D eigenvalue weighted by molar-refractivity contribution is 7.94. The Morgan fingerprint density at radius 3 is 2.59 bits per heavy atom. The van der Waals surface area contributed by atoms with E-state index in [1.807, 2.05) is 24.3 Å². The highest BCUT2D eigenvalue weighted by atomic mass is 32.2. The third kappa shape index (κ3) is 3.17. The zero-order valence-corrected chi connectivity index (χ0v) is 10.2. The maximum Gasteiger partial charge on any atom is 0.173 e. The predicted octanol–water partition coefficient (Wildman–Crippen LogP) is 1.42. The molecule has 4 nitrogen and oxygen atoms in total. The van der Waals surface area contributed by atoms with E-state index in [0.717, 1.165) is 11.3 Å².